The Labute approximate surface area is 217 Å². The van der Waals surface area contributed by atoms with E-state index in [-0.39, 0.29) is 62.9 Å². The molecule has 0 spiro atoms. The van der Waals surface area contributed by atoms with Crippen LogP contribution in [0.2, 0.25) is 0 Å². The molecule has 1 aliphatic rings. The number of aromatic nitrogens is 2. The number of hydrogen-bond donors (Lipinski definition) is 0. The van der Waals surface area contributed by atoms with Crippen molar-refractivity contribution < 1.29 is 66.1 Å². The molecule has 6 nitrogen and oxygen atoms in total. The van der Waals surface area contributed by atoms with Gasteiger partial charge in [0.2, 0.25) is 5.91 Å². The number of amides is 1. The molecule has 7 heteroatoms. The van der Waals surface area contributed by atoms with E-state index in [1.54, 1.807) is 23.1 Å². The number of nitrogens with zero attached hydrogens (tertiary/aromatic N) is 3. The number of carbonyl (C=O) groups excluding carboxylic acids is 2. The van der Waals surface area contributed by atoms with Crippen LogP contribution in [0.1, 0.15) is 39.4 Å². The first-order valence-corrected chi connectivity index (χ1v) is 9.48. The van der Waals surface area contributed by atoms with Crippen LogP contribution in [-0.2, 0) is 17.8 Å². The topological polar surface area (TPSA) is 86.2 Å². The zero-order valence-corrected chi connectivity index (χ0v) is 20.4. The first kappa shape index (κ1) is 22.8. The van der Waals surface area contributed by atoms with Crippen molar-refractivity contribution in [3.05, 3.63) is 76.7 Å². The minimum Gasteiger partial charge on any atom is -0.545 e. The normalized spacial score (nSPS) is 12.9. The van der Waals surface area contributed by atoms with E-state index >= 15 is 0 Å². The maximum Gasteiger partial charge on any atom is 1.00 e. The van der Waals surface area contributed by atoms with Gasteiger partial charge in [0.05, 0.1) is 12.5 Å². The minimum absolute atomic E-state index is 0. The Morgan fingerprint density at radius 3 is 2.43 bits per heavy atom. The summed E-state index contributed by atoms with van der Waals surface area (Å²) in [5, 5.41) is 11.4. The molecule has 3 aromatic rings. The van der Waals surface area contributed by atoms with Crippen molar-refractivity contribution in [3.8, 4) is 11.1 Å². The van der Waals surface area contributed by atoms with Crippen LogP contribution in [0, 0.1) is 13.8 Å². The average Bonchev–Trinajstić information content (AvgIpc) is 2.70. The van der Waals surface area contributed by atoms with E-state index in [1.165, 1.54) is 6.07 Å². The van der Waals surface area contributed by atoms with Crippen LogP contribution < -0.4 is 61.4 Å². The summed E-state index contributed by atoms with van der Waals surface area (Å²) >= 11 is 0. The molecule has 0 aliphatic carbocycles. The van der Waals surface area contributed by atoms with E-state index in [4.69, 9.17) is 0 Å². The molecule has 2 heterocycles. The zero-order valence-electron chi connectivity index (χ0n) is 17.3. The number of rotatable bonds is 4. The predicted molar refractivity (Wildman–Crippen MR) is 107 cm³/mol. The molecular formula is C23H20KN3O3. The van der Waals surface area contributed by atoms with Crippen LogP contribution in [-0.4, -0.2) is 21.8 Å². The van der Waals surface area contributed by atoms with Gasteiger partial charge in [-0.25, -0.2) is 9.97 Å². The molecule has 1 aromatic heterocycles. The second kappa shape index (κ2) is 9.49. The molecule has 0 saturated carbocycles. The third kappa shape index (κ3) is 4.55. The van der Waals surface area contributed by atoms with E-state index in [0.29, 0.717) is 36.6 Å². The number of carboxylic acid groups (broad SMARTS) is 1. The Morgan fingerprint density at radius 2 is 1.73 bits per heavy atom. The van der Waals surface area contributed by atoms with Gasteiger partial charge >= 0.3 is 51.4 Å². The van der Waals surface area contributed by atoms with Crippen LogP contribution in [0.4, 0.5) is 5.82 Å². The Hall–Kier alpha value is -1.90. The van der Waals surface area contributed by atoms with Gasteiger partial charge in [0.25, 0.3) is 0 Å². The van der Waals surface area contributed by atoms with Crippen molar-refractivity contribution in [1.29, 1.82) is 0 Å². The van der Waals surface area contributed by atoms with Gasteiger partial charge in [0.1, 0.15) is 11.6 Å². The number of benzene rings is 2. The number of aromatic carboxylic acids is 1. The Morgan fingerprint density at radius 1 is 1.03 bits per heavy atom. The quantitative estimate of drug-likeness (QED) is 0.532. The molecular weight excluding hydrogens is 405 g/mol. The largest absolute Gasteiger partial charge is 1.00 e. The Balaban J connectivity index is 0.00000256. The second-order valence-corrected chi connectivity index (χ2v) is 7.17. The number of aryl methyl sites for hydroxylation is 2. The summed E-state index contributed by atoms with van der Waals surface area (Å²) in [7, 11) is 0. The summed E-state index contributed by atoms with van der Waals surface area (Å²) in [6.45, 7) is 4.18. The average molecular weight is 426 g/mol. The van der Waals surface area contributed by atoms with Crippen LogP contribution in [0.5, 0.6) is 0 Å². The monoisotopic (exact) mass is 425 g/mol. The Kier molecular flexibility index (Phi) is 7.20. The van der Waals surface area contributed by atoms with Crippen molar-refractivity contribution in [2.24, 2.45) is 0 Å². The minimum atomic E-state index is -1.20. The number of hydrogen-bond acceptors (Lipinski definition) is 5. The summed E-state index contributed by atoms with van der Waals surface area (Å²) in [5.41, 5.74) is 4.43. The first-order valence-electron chi connectivity index (χ1n) is 9.48. The maximum absolute atomic E-state index is 12.6. The molecule has 0 saturated heterocycles. The number of anilines is 1. The molecule has 0 radical (unpaired) electrons. The van der Waals surface area contributed by atoms with Gasteiger partial charge < -0.3 is 9.90 Å². The third-order valence-electron chi connectivity index (χ3n) is 5.20. The van der Waals surface area contributed by atoms with Crippen molar-refractivity contribution in [1.82, 2.24) is 9.97 Å². The SMILES string of the molecule is Cc1nc(C)c2c(n1)N(Cc1ccc(-c3ccccc3C(=O)[O-])cc1)C(=O)CC2.[K+]. The molecule has 4 rings (SSSR count). The molecule has 0 bridgehead atoms. The van der Waals surface area contributed by atoms with Gasteiger partial charge in [-0.05, 0) is 37.0 Å². The van der Waals surface area contributed by atoms with Gasteiger partial charge in [-0.3, -0.25) is 9.69 Å². The van der Waals surface area contributed by atoms with E-state index in [0.717, 1.165) is 22.4 Å². The molecule has 0 unspecified atom stereocenters. The summed E-state index contributed by atoms with van der Waals surface area (Å²) < 4.78 is 0. The van der Waals surface area contributed by atoms with Crippen molar-refractivity contribution in [2.45, 2.75) is 33.2 Å². The molecule has 146 valence electrons. The smallest absolute Gasteiger partial charge is 0.545 e. The fourth-order valence-corrected chi connectivity index (χ4v) is 3.77. The summed E-state index contributed by atoms with van der Waals surface area (Å²) in [5.74, 6) is 0.180. The number of carbonyl (C=O) groups is 2. The summed E-state index contributed by atoms with van der Waals surface area (Å²) in [6.07, 6.45) is 1.10. The van der Waals surface area contributed by atoms with E-state index in [2.05, 4.69) is 9.97 Å². The van der Waals surface area contributed by atoms with Crippen molar-refractivity contribution >= 4 is 17.7 Å². The molecule has 0 atom stereocenters. The van der Waals surface area contributed by atoms with Gasteiger partial charge in [-0.1, -0.05) is 48.5 Å². The second-order valence-electron chi connectivity index (χ2n) is 7.17. The third-order valence-corrected chi connectivity index (χ3v) is 5.20. The van der Waals surface area contributed by atoms with Gasteiger partial charge in [0, 0.05) is 23.2 Å². The van der Waals surface area contributed by atoms with E-state index < -0.39 is 5.97 Å². The Bertz CT molecular complexity index is 1110. The fraction of sp³-hybridized carbons (Fsp3) is 0.217. The summed E-state index contributed by atoms with van der Waals surface area (Å²) in [4.78, 5) is 34.6. The van der Waals surface area contributed by atoms with E-state index in [9.17, 15) is 14.7 Å². The van der Waals surface area contributed by atoms with Gasteiger partial charge in [0.15, 0.2) is 0 Å². The number of fused-ring (bicyclic) bond motifs is 1. The first-order chi connectivity index (χ1) is 13.9. The van der Waals surface area contributed by atoms with Gasteiger partial charge in [-0.15, -0.1) is 0 Å². The molecule has 30 heavy (non-hydrogen) atoms. The standard InChI is InChI=1S/C23H21N3O3.K/c1-14-18-11-12-21(27)26(22(18)25-15(2)24-14)13-16-7-9-17(10-8-16)19-5-3-4-6-20(19)23(28)29;/h3-10H,11-13H2,1-2H3,(H,28,29);/q;+1/p-1. The summed E-state index contributed by atoms with van der Waals surface area (Å²) in [6, 6.07) is 14.3. The molecule has 1 aliphatic heterocycles. The van der Waals surface area contributed by atoms with Crippen LogP contribution in [0.25, 0.3) is 11.1 Å². The van der Waals surface area contributed by atoms with Gasteiger partial charge in [-0.2, -0.15) is 0 Å². The predicted octanol–water partition coefficient (Wildman–Crippen LogP) is -0.393. The van der Waals surface area contributed by atoms with Crippen LogP contribution in [0.3, 0.4) is 0 Å². The van der Waals surface area contributed by atoms with Crippen LogP contribution in [0.15, 0.2) is 48.5 Å². The molecule has 0 fully saturated rings. The fourth-order valence-electron chi connectivity index (χ4n) is 3.77. The zero-order chi connectivity index (χ0) is 20.5. The molecule has 1 amide bonds. The van der Waals surface area contributed by atoms with Crippen molar-refractivity contribution in [2.75, 3.05) is 4.90 Å². The molecule has 0 N–H and O–H groups in total. The molecule has 2 aromatic carbocycles. The maximum atomic E-state index is 12.6. The van der Waals surface area contributed by atoms with E-state index in [1.807, 2.05) is 38.1 Å². The van der Waals surface area contributed by atoms with Crippen molar-refractivity contribution in [3.63, 3.8) is 0 Å². The number of carboxylic acids is 1. The van der Waals surface area contributed by atoms with Crippen LogP contribution >= 0.6 is 0 Å².